The smallest absolute Gasteiger partial charge is 0.255 e. The van der Waals surface area contributed by atoms with E-state index in [0.29, 0.717) is 36.5 Å². The van der Waals surface area contributed by atoms with Gasteiger partial charge >= 0.3 is 0 Å². The maximum atomic E-state index is 13.0. The van der Waals surface area contributed by atoms with Gasteiger partial charge in [0, 0.05) is 30.6 Å². The summed E-state index contributed by atoms with van der Waals surface area (Å²) in [5.41, 5.74) is 3.21. The molecule has 3 aliphatic heterocycles. The van der Waals surface area contributed by atoms with Crippen molar-refractivity contribution in [2.75, 3.05) is 6.61 Å². The number of nitrogens with one attached hydrogen (secondary N) is 2. The molecule has 2 unspecified atom stereocenters. The fourth-order valence-electron chi connectivity index (χ4n) is 7.13. The molecule has 1 spiro atoms. The number of rotatable bonds is 5. The van der Waals surface area contributed by atoms with Crippen LogP contribution in [0.15, 0.2) is 18.2 Å². The predicted molar refractivity (Wildman–Crippen MR) is 131 cm³/mol. The van der Waals surface area contributed by atoms with Crippen molar-refractivity contribution < 1.29 is 19.1 Å². The van der Waals surface area contributed by atoms with Crippen LogP contribution in [0, 0.1) is 5.92 Å². The lowest BCUT2D eigenvalue weighted by Crippen LogP contribution is -2.52. The molecule has 2 saturated carbocycles. The molecule has 1 aromatic carbocycles. The molecule has 4 fully saturated rings. The summed E-state index contributed by atoms with van der Waals surface area (Å²) in [4.78, 5) is 38.5. The molecular weight excluding hydrogens is 442 g/mol. The van der Waals surface area contributed by atoms with Gasteiger partial charge < -0.3 is 15.0 Å². The quantitative estimate of drug-likeness (QED) is 0.633. The van der Waals surface area contributed by atoms with Crippen LogP contribution in [0.1, 0.15) is 92.1 Å². The van der Waals surface area contributed by atoms with Gasteiger partial charge in [-0.15, -0.1) is 0 Å². The van der Waals surface area contributed by atoms with Crippen LogP contribution in [0.2, 0.25) is 0 Å². The topological polar surface area (TPSA) is 87.7 Å². The van der Waals surface area contributed by atoms with E-state index in [9.17, 15) is 14.4 Å². The maximum Gasteiger partial charge on any atom is 0.255 e. The molecule has 188 valence electrons. The number of hydrogen-bond donors (Lipinski definition) is 2. The average Bonchev–Trinajstić information content (AvgIpc) is 3.15. The fourth-order valence-corrected chi connectivity index (χ4v) is 7.13. The lowest BCUT2D eigenvalue weighted by molar-refractivity contribution is -0.167. The number of fused-ring (bicyclic) bond motifs is 1. The number of imide groups is 1. The highest BCUT2D eigenvalue weighted by Crippen LogP contribution is 2.41. The third-order valence-electron chi connectivity index (χ3n) is 9.31. The van der Waals surface area contributed by atoms with Crippen molar-refractivity contribution in [3.63, 3.8) is 0 Å². The van der Waals surface area contributed by atoms with Crippen LogP contribution in [0.3, 0.4) is 0 Å². The minimum absolute atomic E-state index is 0.0937. The predicted octanol–water partition coefficient (Wildman–Crippen LogP) is 3.24. The molecule has 0 radical (unpaired) electrons. The van der Waals surface area contributed by atoms with Gasteiger partial charge in [0.2, 0.25) is 11.8 Å². The van der Waals surface area contributed by atoms with E-state index < -0.39 is 6.04 Å². The van der Waals surface area contributed by atoms with E-state index in [2.05, 4.69) is 22.8 Å². The Morgan fingerprint density at radius 1 is 1.03 bits per heavy atom. The molecule has 2 aliphatic carbocycles. The highest BCUT2D eigenvalue weighted by atomic mass is 16.5. The van der Waals surface area contributed by atoms with Crippen LogP contribution >= 0.6 is 0 Å². The second-order valence-corrected chi connectivity index (χ2v) is 11.5. The number of ether oxygens (including phenoxy) is 1. The first kappa shape index (κ1) is 23.2. The van der Waals surface area contributed by atoms with Crippen molar-refractivity contribution in [3.05, 3.63) is 34.9 Å². The van der Waals surface area contributed by atoms with E-state index in [0.717, 1.165) is 18.6 Å². The Morgan fingerprint density at radius 3 is 2.57 bits per heavy atom. The van der Waals surface area contributed by atoms with E-state index in [1.54, 1.807) is 4.90 Å². The molecule has 1 aromatic rings. The largest absolute Gasteiger partial charge is 0.375 e. The van der Waals surface area contributed by atoms with E-state index >= 15 is 0 Å². The summed E-state index contributed by atoms with van der Waals surface area (Å²) in [6.45, 7) is 1.40. The second-order valence-electron chi connectivity index (χ2n) is 11.5. The number of hydrogen-bond acceptors (Lipinski definition) is 5. The van der Waals surface area contributed by atoms with Gasteiger partial charge in [0.25, 0.3) is 5.91 Å². The summed E-state index contributed by atoms with van der Waals surface area (Å²) in [6, 6.07) is 6.85. The third kappa shape index (κ3) is 4.53. The molecule has 2 saturated heterocycles. The summed E-state index contributed by atoms with van der Waals surface area (Å²) in [5, 5.41) is 6.42. The SMILES string of the molecule is O=C1CCC(N2Cc3cc(C[C@H]4CCCCC4NC4CCC5(CCO5)CC4)ccc3C2=O)C(=O)N1. The zero-order chi connectivity index (χ0) is 24.0. The lowest BCUT2D eigenvalue weighted by atomic mass is 9.76. The van der Waals surface area contributed by atoms with Gasteiger partial charge in [-0.1, -0.05) is 25.0 Å². The number of nitrogens with zero attached hydrogens (tertiary/aromatic N) is 1. The first-order valence-corrected chi connectivity index (χ1v) is 13.7. The Bertz CT molecular complexity index is 1010. The van der Waals surface area contributed by atoms with Crippen LogP contribution in [0.4, 0.5) is 0 Å². The van der Waals surface area contributed by atoms with Crippen LogP contribution in [0.5, 0.6) is 0 Å². The third-order valence-corrected chi connectivity index (χ3v) is 9.31. The standard InChI is InChI=1S/C28H37N3O4/c32-25-8-7-24(26(33)30-25)31-17-20-16-18(5-6-22(20)27(31)34)15-19-3-1-2-4-23(19)29-21-9-11-28(12-10-21)13-14-35-28/h5-6,16,19,21,23-24,29H,1-4,7-15,17H2,(H,30,32,33)/t19-,21?,23?,24?,28?/m1/s1. The van der Waals surface area contributed by atoms with Crippen LogP contribution in [-0.4, -0.2) is 53.0 Å². The fraction of sp³-hybridized carbons (Fsp3) is 0.679. The van der Waals surface area contributed by atoms with Crippen molar-refractivity contribution in [1.29, 1.82) is 0 Å². The molecule has 3 amide bonds. The summed E-state index contributed by atoms with van der Waals surface area (Å²) in [7, 11) is 0. The summed E-state index contributed by atoms with van der Waals surface area (Å²) < 4.78 is 5.91. The van der Waals surface area contributed by atoms with Crippen molar-refractivity contribution in [2.45, 2.75) is 107 Å². The van der Waals surface area contributed by atoms with Gasteiger partial charge in [-0.05, 0) is 80.9 Å². The number of benzene rings is 1. The molecule has 2 N–H and O–H groups in total. The molecule has 5 aliphatic rings. The average molecular weight is 480 g/mol. The molecule has 3 heterocycles. The summed E-state index contributed by atoms with van der Waals surface area (Å²) in [6.07, 6.45) is 12.9. The zero-order valence-corrected chi connectivity index (χ0v) is 20.5. The molecule has 0 aromatic heterocycles. The van der Waals surface area contributed by atoms with E-state index in [4.69, 9.17) is 4.74 Å². The first-order chi connectivity index (χ1) is 17.0. The minimum atomic E-state index is -0.553. The van der Waals surface area contributed by atoms with Crippen molar-refractivity contribution in [3.8, 4) is 0 Å². The van der Waals surface area contributed by atoms with Gasteiger partial charge in [0.15, 0.2) is 0 Å². The van der Waals surface area contributed by atoms with Gasteiger partial charge in [-0.2, -0.15) is 0 Å². The van der Waals surface area contributed by atoms with Crippen molar-refractivity contribution >= 4 is 17.7 Å². The molecule has 35 heavy (non-hydrogen) atoms. The van der Waals surface area contributed by atoms with E-state index in [1.807, 2.05) is 6.07 Å². The number of amides is 3. The number of piperidine rings is 1. The van der Waals surface area contributed by atoms with Gasteiger partial charge in [-0.3, -0.25) is 19.7 Å². The van der Waals surface area contributed by atoms with Crippen LogP contribution < -0.4 is 10.6 Å². The van der Waals surface area contributed by atoms with Gasteiger partial charge in [-0.25, -0.2) is 0 Å². The highest BCUT2D eigenvalue weighted by Gasteiger charge is 2.42. The molecule has 3 atom stereocenters. The normalized spacial score (nSPS) is 35.1. The van der Waals surface area contributed by atoms with Crippen molar-refractivity contribution in [1.82, 2.24) is 15.5 Å². The molecule has 0 bridgehead atoms. The highest BCUT2D eigenvalue weighted by molar-refractivity contribution is 6.05. The van der Waals surface area contributed by atoms with E-state index in [1.165, 1.54) is 63.4 Å². The molecule has 7 heteroatoms. The monoisotopic (exact) mass is 479 g/mol. The van der Waals surface area contributed by atoms with Gasteiger partial charge in [0.05, 0.1) is 12.2 Å². The van der Waals surface area contributed by atoms with Gasteiger partial charge in [0.1, 0.15) is 6.04 Å². The lowest BCUT2D eigenvalue weighted by Gasteiger charge is -2.47. The van der Waals surface area contributed by atoms with Crippen molar-refractivity contribution in [2.24, 2.45) is 5.92 Å². The molecular formula is C28H37N3O4. The summed E-state index contributed by atoms with van der Waals surface area (Å²) in [5.74, 6) is -0.0848. The number of carbonyl (C=O) groups is 3. The molecule has 6 rings (SSSR count). The Balaban J connectivity index is 1.09. The van der Waals surface area contributed by atoms with Crippen LogP contribution in [-0.2, 0) is 27.3 Å². The van der Waals surface area contributed by atoms with E-state index in [-0.39, 0.29) is 29.7 Å². The zero-order valence-electron chi connectivity index (χ0n) is 20.5. The van der Waals surface area contributed by atoms with Crippen LogP contribution in [0.25, 0.3) is 0 Å². The Hall–Kier alpha value is -2.25. The summed E-state index contributed by atoms with van der Waals surface area (Å²) >= 11 is 0. The Kier molecular flexibility index (Phi) is 6.17. The second kappa shape index (κ2) is 9.32. The first-order valence-electron chi connectivity index (χ1n) is 13.7. The Morgan fingerprint density at radius 2 is 1.83 bits per heavy atom. The number of carbonyl (C=O) groups excluding carboxylic acids is 3. The maximum absolute atomic E-state index is 13.0. The minimum Gasteiger partial charge on any atom is -0.375 e. The molecule has 7 nitrogen and oxygen atoms in total. The Labute approximate surface area is 207 Å².